The normalized spacial score (nSPS) is 25.9. The van der Waals surface area contributed by atoms with E-state index in [4.69, 9.17) is 4.74 Å². The van der Waals surface area contributed by atoms with Crippen LogP contribution in [0.1, 0.15) is 0 Å². The first-order chi connectivity index (χ1) is 3.93. The molecule has 0 aromatic heterocycles. The Hall–Kier alpha value is -0.540. The van der Waals surface area contributed by atoms with Gasteiger partial charge in [-0.05, 0) is 6.08 Å². The van der Waals surface area contributed by atoms with Gasteiger partial charge in [-0.2, -0.15) is 0 Å². The van der Waals surface area contributed by atoms with Crippen molar-refractivity contribution < 1.29 is 4.74 Å². The van der Waals surface area contributed by atoms with Crippen molar-refractivity contribution in [3.63, 3.8) is 0 Å². The van der Waals surface area contributed by atoms with Crippen molar-refractivity contribution in [2.45, 2.75) is 6.04 Å². The summed E-state index contributed by atoms with van der Waals surface area (Å²) in [4.78, 5) is 0. The van der Waals surface area contributed by atoms with Crippen LogP contribution in [0.3, 0.4) is 0 Å². The Bertz CT molecular complexity index is 92.4. The smallest absolute Gasteiger partial charge is 0.0691 e. The minimum absolute atomic E-state index is 0.347. The van der Waals surface area contributed by atoms with Gasteiger partial charge in [0.25, 0.3) is 0 Å². The minimum Gasteiger partial charge on any atom is -0.383 e. The van der Waals surface area contributed by atoms with Gasteiger partial charge in [0.05, 0.1) is 12.6 Å². The van der Waals surface area contributed by atoms with Crippen molar-refractivity contribution in [1.29, 1.82) is 0 Å². The van der Waals surface area contributed by atoms with E-state index in [-0.39, 0.29) is 0 Å². The molecule has 0 amide bonds. The summed E-state index contributed by atoms with van der Waals surface area (Å²) in [6, 6.07) is 0.347. The third-order valence-electron chi connectivity index (χ3n) is 1.03. The molecule has 1 atom stereocenters. The van der Waals surface area contributed by atoms with Gasteiger partial charge < -0.3 is 10.2 Å². The van der Waals surface area contributed by atoms with Gasteiger partial charge in [0.1, 0.15) is 0 Å². The van der Waals surface area contributed by atoms with Crippen molar-refractivity contribution in [3.8, 4) is 0 Å². The van der Waals surface area contributed by atoms with E-state index < -0.39 is 0 Å². The predicted molar refractivity (Wildman–Crippen MR) is 31.1 cm³/mol. The number of hydrogen-bond donors (Lipinski definition) is 2. The SMILES string of the molecule is COCC1C=CNN1. The zero-order valence-electron chi connectivity index (χ0n) is 4.85. The monoisotopic (exact) mass is 114 g/mol. The van der Waals surface area contributed by atoms with E-state index in [1.165, 1.54) is 0 Å². The number of hydrazine groups is 1. The topological polar surface area (TPSA) is 33.3 Å². The van der Waals surface area contributed by atoms with Crippen LogP contribution in [0.2, 0.25) is 0 Å². The second-order valence-electron chi connectivity index (χ2n) is 1.71. The average Bonchev–Trinajstić information content (AvgIpc) is 2.19. The number of methoxy groups -OCH3 is 1. The van der Waals surface area contributed by atoms with Crippen molar-refractivity contribution >= 4 is 0 Å². The van der Waals surface area contributed by atoms with Gasteiger partial charge in [-0.3, -0.25) is 0 Å². The maximum Gasteiger partial charge on any atom is 0.0691 e. The van der Waals surface area contributed by atoms with Crippen molar-refractivity contribution in [1.82, 2.24) is 10.9 Å². The van der Waals surface area contributed by atoms with Crippen LogP contribution >= 0.6 is 0 Å². The molecule has 0 fully saturated rings. The molecule has 0 aromatic rings. The van der Waals surface area contributed by atoms with Crippen LogP contribution in [0.15, 0.2) is 12.3 Å². The third kappa shape index (κ3) is 1.21. The third-order valence-corrected chi connectivity index (χ3v) is 1.03. The van der Waals surface area contributed by atoms with Crippen LogP contribution in [0.25, 0.3) is 0 Å². The second-order valence-corrected chi connectivity index (χ2v) is 1.71. The highest BCUT2D eigenvalue weighted by atomic mass is 16.5. The first-order valence-electron chi connectivity index (χ1n) is 2.60. The van der Waals surface area contributed by atoms with Crippen molar-refractivity contribution in [2.24, 2.45) is 0 Å². The molecule has 0 saturated heterocycles. The van der Waals surface area contributed by atoms with Gasteiger partial charge in [0, 0.05) is 13.3 Å². The van der Waals surface area contributed by atoms with E-state index in [2.05, 4.69) is 10.9 Å². The molecule has 46 valence electrons. The molecular weight excluding hydrogens is 104 g/mol. The molecule has 0 radical (unpaired) electrons. The number of nitrogens with one attached hydrogen (secondary N) is 2. The van der Waals surface area contributed by atoms with E-state index in [0.29, 0.717) is 6.04 Å². The Morgan fingerprint density at radius 2 is 2.62 bits per heavy atom. The fraction of sp³-hybridized carbons (Fsp3) is 0.600. The van der Waals surface area contributed by atoms with Gasteiger partial charge in [-0.1, -0.05) is 0 Å². The molecule has 0 saturated carbocycles. The Balaban J connectivity index is 2.16. The molecule has 3 nitrogen and oxygen atoms in total. The summed E-state index contributed by atoms with van der Waals surface area (Å²) < 4.78 is 4.87. The van der Waals surface area contributed by atoms with Crippen molar-refractivity contribution in [3.05, 3.63) is 12.3 Å². The van der Waals surface area contributed by atoms with Crippen molar-refractivity contribution in [2.75, 3.05) is 13.7 Å². The van der Waals surface area contributed by atoms with E-state index in [1.54, 1.807) is 7.11 Å². The highest BCUT2D eigenvalue weighted by Crippen LogP contribution is 1.89. The molecule has 0 bridgehead atoms. The molecule has 3 heteroatoms. The summed E-state index contributed by atoms with van der Waals surface area (Å²) in [5.74, 6) is 0. The predicted octanol–water partition coefficient (Wildman–Crippen LogP) is -0.377. The first-order valence-corrected chi connectivity index (χ1v) is 2.60. The van der Waals surface area contributed by atoms with Crippen LogP contribution in [0.4, 0.5) is 0 Å². The number of hydrogen-bond acceptors (Lipinski definition) is 3. The quantitative estimate of drug-likeness (QED) is 0.513. The molecule has 2 N–H and O–H groups in total. The summed E-state index contributed by atoms with van der Waals surface area (Å²) in [7, 11) is 1.69. The van der Waals surface area contributed by atoms with Gasteiger partial charge in [0.15, 0.2) is 0 Å². The zero-order valence-corrected chi connectivity index (χ0v) is 4.85. The summed E-state index contributed by atoms with van der Waals surface area (Å²) in [5.41, 5.74) is 5.82. The van der Waals surface area contributed by atoms with Gasteiger partial charge >= 0.3 is 0 Å². The number of ether oxygens (including phenoxy) is 1. The lowest BCUT2D eigenvalue weighted by molar-refractivity contribution is 0.181. The Morgan fingerprint density at radius 3 is 3.12 bits per heavy atom. The molecule has 8 heavy (non-hydrogen) atoms. The highest BCUT2D eigenvalue weighted by molar-refractivity contribution is 4.96. The van der Waals surface area contributed by atoms with Crippen LogP contribution in [-0.2, 0) is 4.74 Å². The second kappa shape index (κ2) is 2.69. The average molecular weight is 114 g/mol. The lowest BCUT2D eigenvalue weighted by Gasteiger charge is -2.04. The van der Waals surface area contributed by atoms with Crippen LogP contribution in [0, 0.1) is 0 Å². The molecule has 1 aliphatic heterocycles. The summed E-state index contributed by atoms with van der Waals surface area (Å²) >= 11 is 0. The lowest BCUT2D eigenvalue weighted by Crippen LogP contribution is -2.33. The fourth-order valence-corrected chi connectivity index (χ4v) is 0.644. The zero-order chi connectivity index (χ0) is 5.82. The summed E-state index contributed by atoms with van der Waals surface area (Å²) in [5, 5.41) is 0. The molecular formula is C5H10N2O. The first kappa shape index (κ1) is 5.59. The van der Waals surface area contributed by atoms with E-state index >= 15 is 0 Å². The fourth-order valence-electron chi connectivity index (χ4n) is 0.644. The number of rotatable bonds is 2. The molecule has 0 aromatic carbocycles. The van der Waals surface area contributed by atoms with Crippen LogP contribution in [-0.4, -0.2) is 19.8 Å². The molecule has 0 aliphatic carbocycles. The molecule has 1 rings (SSSR count). The van der Waals surface area contributed by atoms with E-state index in [9.17, 15) is 0 Å². The van der Waals surface area contributed by atoms with Crippen LogP contribution in [0.5, 0.6) is 0 Å². The van der Waals surface area contributed by atoms with E-state index in [0.717, 1.165) is 6.61 Å². The summed E-state index contributed by atoms with van der Waals surface area (Å²) in [6.45, 7) is 0.726. The Labute approximate surface area is 48.7 Å². The minimum atomic E-state index is 0.347. The lowest BCUT2D eigenvalue weighted by atomic mass is 10.3. The molecule has 1 heterocycles. The van der Waals surface area contributed by atoms with Gasteiger partial charge in [-0.15, -0.1) is 0 Å². The summed E-state index contributed by atoms with van der Waals surface area (Å²) in [6.07, 6.45) is 3.88. The Kier molecular flexibility index (Phi) is 1.88. The molecule has 0 spiro atoms. The van der Waals surface area contributed by atoms with Gasteiger partial charge in [0.2, 0.25) is 0 Å². The maximum atomic E-state index is 4.87. The Morgan fingerprint density at radius 1 is 1.75 bits per heavy atom. The highest BCUT2D eigenvalue weighted by Gasteiger charge is 2.04. The molecule has 1 aliphatic rings. The van der Waals surface area contributed by atoms with Gasteiger partial charge in [-0.25, -0.2) is 5.43 Å². The van der Waals surface area contributed by atoms with Crippen LogP contribution < -0.4 is 10.9 Å². The standard InChI is InChI=1S/C5H10N2O/c1-8-4-5-2-3-6-7-5/h2-3,5-7H,4H2,1H3. The largest absolute Gasteiger partial charge is 0.383 e. The van der Waals surface area contributed by atoms with E-state index in [1.807, 2.05) is 12.3 Å². The maximum absolute atomic E-state index is 4.87. The molecule has 1 unspecified atom stereocenters.